The fraction of sp³-hybridized carbons (Fsp3) is 0. The Balaban J connectivity index is 4.06. The first kappa shape index (κ1) is 6.49. The number of hydrogen-bond donors (Lipinski definition) is 1. The van der Waals surface area contributed by atoms with Gasteiger partial charge in [-0.3, -0.25) is 0 Å². The normalized spacial score (nSPS) is 11.6. The average Bonchev–Trinajstić information content (AvgIpc) is 0.722. The molecule has 0 aromatic rings. The Bertz CT molecular complexity index is 90.1. The van der Waals surface area contributed by atoms with Crippen molar-refractivity contribution in [3.8, 4) is 0 Å². The van der Waals surface area contributed by atoms with Crippen LogP contribution in [0.25, 0.3) is 0 Å². The first-order valence-corrected chi connectivity index (χ1v) is 4.98. The van der Waals surface area contributed by atoms with Gasteiger partial charge < -0.3 is 0 Å². The van der Waals surface area contributed by atoms with Gasteiger partial charge in [0.05, 0.1) is 0 Å². The molecule has 0 spiro atoms. The van der Waals surface area contributed by atoms with E-state index in [1.54, 1.807) is 0 Å². The van der Waals surface area contributed by atoms with Gasteiger partial charge in [-0.2, -0.15) is 0 Å². The molecule has 0 fully saturated rings. The van der Waals surface area contributed by atoms with Crippen LogP contribution in [0.15, 0.2) is 0 Å². The van der Waals surface area contributed by atoms with Gasteiger partial charge in [0.15, 0.2) is 0 Å². The average molecular weight is 233 g/mol. The van der Waals surface area contributed by atoms with Crippen LogP contribution in [0.4, 0.5) is 0 Å². The molecule has 0 atom stereocenters. The summed E-state index contributed by atoms with van der Waals surface area (Å²) in [5.74, 6) is 0. The van der Waals surface area contributed by atoms with Gasteiger partial charge in [-0.05, 0) is 0 Å². The predicted octanol–water partition coefficient (Wildman–Crippen LogP) is -0.661. The van der Waals surface area contributed by atoms with Gasteiger partial charge in [0.25, 0.3) is 0 Å². The third kappa shape index (κ3) is 30.0. The predicted molar refractivity (Wildman–Crippen MR) is 11.5 cm³/mol. The van der Waals surface area contributed by atoms with Crippen molar-refractivity contribution >= 4 is 2.32 Å². The molecule has 0 aromatic heterocycles. The summed E-state index contributed by atoms with van der Waals surface area (Å²) >= 11 is 0.363. The molecule has 0 aliphatic rings. The molecule has 0 aliphatic heterocycles. The molecule has 0 rings (SSSR count). The maximum atomic E-state index is 9.21. The third-order valence-electron chi connectivity index (χ3n) is 0. The Morgan fingerprint density at radius 1 is 1.60 bits per heavy atom. The maximum absolute atomic E-state index is 9.21. The molecule has 0 amide bonds. The van der Waals surface area contributed by atoms with Gasteiger partial charge in [-0.15, -0.1) is 0 Å². The summed E-state index contributed by atoms with van der Waals surface area (Å²) in [7, 11) is 0. The zero-order valence-electron chi connectivity index (χ0n) is 2.05. The van der Waals surface area contributed by atoms with E-state index in [-0.39, 0.29) is 0 Å². The molecule has 0 saturated heterocycles. The fourth-order valence-corrected chi connectivity index (χ4v) is 0. The van der Waals surface area contributed by atoms with E-state index in [2.05, 4.69) is 0 Å². The van der Waals surface area contributed by atoms with Crippen molar-refractivity contribution in [3.63, 3.8) is 0 Å². The van der Waals surface area contributed by atoms with Crippen molar-refractivity contribution in [2.24, 2.45) is 0 Å². The molecule has 0 radical (unpaired) electrons. The topological polar surface area (TPSA) is 54.4 Å². The van der Waals surface area contributed by atoms with E-state index in [9.17, 15) is 8.42 Å². The summed E-state index contributed by atoms with van der Waals surface area (Å²) < 4.78 is 22.3. The molecule has 0 aliphatic carbocycles. The van der Waals surface area contributed by atoms with Crippen molar-refractivity contribution in [3.05, 3.63) is 0 Å². The molecule has 1 N–H and O–H groups in total. The van der Waals surface area contributed by atoms with Crippen molar-refractivity contribution < 1.29 is 57.8 Å². The van der Waals surface area contributed by atoms with Crippen molar-refractivity contribution in [1.82, 2.24) is 0 Å². The van der Waals surface area contributed by atoms with Crippen LogP contribution in [0.5, 0.6) is 0 Å². The first-order chi connectivity index (χ1) is 2.00. The van der Waals surface area contributed by atoms with Crippen LogP contribution in [0.3, 0.4) is 0 Å². The van der Waals surface area contributed by atoms with Crippen molar-refractivity contribution in [1.29, 1.82) is 0 Å². The molecule has 32 valence electrons. The Morgan fingerprint density at radius 3 is 1.60 bits per heavy atom. The van der Waals surface area contributed by atoms with Gasteiger partial charge in [-0.25, -0.2) is 0 Å². The van der Waals surface area contributed by atoms with E-state index in [1.165, 1.54) is 0 Å². The Kier molecular flexibility index (Phi) is 2.57. The van der Waals surface area contributed by atoms with Crippen molar-refractivity contribution in [2.75, 3.05) is 0 Å². The quantitative estimate of drug-likeness (QED) is 0.565. The second kappa shape index (κ2) is 1.98. The van der Waals surface area contributed by atoms with Crippen LogP contribution >= 0.6 is 0 Å². The molecule has 5 heteroatoms. The van der Waals surface area contributed by atoms with Crippen molar-refractivity contribution in [2.45, 2.75) is 0 Å². The van der Waals surface area contributed by atoms with E-state index in [4.69, 9.17) is 4.55 Å². The summed E-state index contributed by atoms with van der Waals surface area (Å²) in [6.07, 6.45) is 0. The first-order valence-electron chi connectivity index (χ1n) is 0.670. The minimum absolute atomic E-state index is 0.363. The van der Waals surface area contributed by atoms with Crippen LogP contribution in [0.2, 0.25) is 0 Å². The van der Waals surface area contributed by atoms with Crippen LogP contribution < -0.4 is 0 Å². The van der Waals surface area contributed by atoms with Gasteiger partial charge in [0.1, 0.15) is 0 Å². The number of hydrogen-bond acceptors (Lipinski definition) is 2. The SMILES string of the molecule is O=[S](=O)(O)[Eu]. The summed E-state index contributed by atoms with van der Waals surface area (Å²) in [5, 5.41) is 0. The molecular weight excluding hydrogens is 232 g/mol. The third-order valence-corrected chi connectivity index (χ3v) is 0. The molecular formula is HEuO3S. The van der Waals surface area contributed by atoms with E-state index >= 15 is 0 Å². The Labute approximate surface area is 58.9 Å². The Hall–Kier alpha value is 1.49. The molecule has 5 heavy (non-hydrogen) atoms. The molecule has 0 bridgehead atoms. The second-order valence-corrected chi connectivity index (χ2v) is 4.99. The molecule has 0 heterocycles. The van der Waals surface area contributed by atoms with Gasteiger partial charge >= 0.3 is 60.1 Å². The molecule has 3 nitrogen and oxygen atoms in total. The Morgan fingerprint density at radius 2 is 1.60 bits per heavy atom. The van der Waals surface area contributed by atoms with Gasteiger partial charge in [0.2, 0.25) is 0 Å². The molecule has 0 saturated carbocycles. The van der Waals surface area contributed by atoms with E-state index in [0.29, 0.717) is 44.8 Å². The van der Waals surface area contributed by atoms with E-state index < -0.39 is 2.32 Å². The summed E-state index contributed by atoms with van der Waals surface area (Å²) in [6.45, 7) is 0. The summed E-state index contributed by atoms with van der Waals surface area (Å²) in [4.78, 5) is 0. The van der Waals surface area contributed by atoms with Crippen LogP contribution in [-0.4, -0.2) is 13.0 Å². The monoisotopic (exact) mass is 234 g/mol. The summed E-state index contributed by atoms with van der Waals surface area (Å²) in [6, 6.07) is 0. The van der Waals surface area contributed by atoms with E-state index in [0.717, 1.165) is 0 Å². The van der Waals surface area contributed by atoms with E-state index in [1.807, 2.05) is 0 Å². The van der Waals surface area contributed by atoms with Crippen LogP contribution in [0.1, 0.15) is 0 Å². The van der Waals surface area contributed by atoms with Gasteiger partial charge in [0, 0.05) is 0 Å². The van der Waals surface area contributed by atoms with Crippen LogP contribution in [0, 0.1) is 44.8 Å². The fourth-order valence-electron chi connectivity index (χ4n) is 0. The minimum atomic E-state index is -3.61. The summed E-state index contributed by atoms with van der Waals surface area (Å²) in [5.41, 5.74) is 0. The zero-order valence-corrected chi connectivity index (χ0v) is 5.29. The molecule has 0 unspecified atom stereocenters. The zero-order chi connectivity index (χ0) is 4.50. The second-order valence-electron chi connectivity index (χ2n) is 0.412. The van der Waals surface area contributed by atoms with Crippen LogP contribution in [-0.2, 0) is 2.32 Å². The standard InChI is InChI=1S/Eu.HO3S/c;1-4(2)3/h;(H,1,2,3). The molecule has 0 aromatic carbocycles. The number of rotatable bonds is 0. The van der Waals surface area contributed by atoms with Gasteiger partial charge in [-0.1, -0.05) is 0 Å².